The molecule has 148 valence electrons. The molecule has 4 rings (SSSR count). The van der Waals surface area contributed by atoms with Crippen LogP contribution in [0, 0.1) is 12.3 Å². The second kappa shape index (κ2) is 8.69. The molecular weight excluding hydrogens is 422 g/mol. The third kappa shape index (κ3) is 4.79. The Kier molecular flexibility index (Phi) is 6.42. The van der Waals surface area contributed by atoms with Crippen LogP contribution in [0.25, 0.3) is 17.5 Å². The van der Waals surface area contributed by atoms with E-state index in [1.807, 2.05) is 18.2 Å². The van der Waals surface area contributed by atoms with Crippen molar-refractivity contribution in [3.63, 3.8) is 0 Å². The Hall–Kier alpha value is -2.52. The minimum absolute atomic E-state index is 0. The zero-order chi connectivity index (χ0) is 20.6. The maximum Gasteiger partial charge on any atom is 2.00 e. The summed E-state index contributed by atoms with van der Waals surface area (Å²) in [6, 6.07) is 2.09. The molecule has 0 bridgehead atoms. The summed E-state index contributed by atoms with van der Waals surface area (Å²) in [6.07, 6.45) is 15.0. The molecule has 4 heterocycles. The average Bonchev–Trinajstić information content (AvgIpc) is 3.40. The van der Waals surface area contributed by atoms with Crippen molar-refractivity contribution in [2.24, 2.45) is 15.4 Å². The summed E-state index contributed by atoms with van der Waals surface area (Å²) in [5, 5.41) is 4.54. The van der Waals surface area contributed by atoms with Gasteiger partial charge in [0, 0.05) is 23.2 Å². The van der Waals surface area contributed by atoms with Gasteiger partial charge in [-0.1, -0.05) is 61.9 Å². The van der Waals surface area contributed by atoms with Crippen LogP contribution in [0.3, 0.4) is 0 Å². The first kappa shape index (κ1) is 22.2. The summed E-state index contributed by atoms with van der Waals surface area (Å²) < 4.78 is 0. The molecule has 4 nitrogen and oxygen atoms in total. The monoisotopic (exact) mass is 446 g/mol. The molecule has 0 saturated carbocycles. The van der Waals surface area contributed by atoms with E-state index in [4.69, 9.17) is 9.98 Å². The van der Waals surface area contributed by atoms with Crippen LogP contribution in [-0.4, -0.2) is 18.0 Å². The van der Waals surface area contributed by atoms with Crippen molar-refractivity contribution in [2.75, 3.05) is 6.54 Å². The summed E-state index contributed by atoms with van der Waals surface area (Å²) in [6.45, 7) is 13.2. The molecule has 0 spiro atoms. The Labute approximate surface area is 191 Å². The van der Waals surface area contributed by atoms with Crippen molar-refractivity contribution in [3.8, 4) is 0 Å². The van der Waals surface area contributed by atoms with Crippen LogP contribution < -0.4 is 4.98 Å². The summed E-state index contributed by atoms with van der Waals surface area (Å²) in [5.41, 5.74) is 9.24. The minimum atomic E-state index is -0.0227. The number of aromatic nitrogens is 1. The average molecular weight is 448 g/mol. The van der Waals surface area contributed by atoms with Crippen molar-refractivity contribution in [1.29, 1.82) is 0 Å². The van der Waals surface area contributed by atoms with Crippen molar-refractivity contribution < 1.29 is 19.5 Å². The van der Waals surface area contributed by atoms with Gasteiger partial charge in [0.2, 0.25) is 0 Å². The van der Waals surface area contributed by atoms with Gasteiger partial charge in [-0.05, 0) is 32.1 Å². The third-order valence-corrected chi connectivity index (χ3v) is 5.28. The standard InChI is InChI=1S/C25H26N4.Zn/c1-6-18-7-8-19(27-18)11-21-10-17(3)23(28-21)13-24-25(4,5)14-22(29-24)12-20-9-16(2)15-26-20;/h6-13H,1,14-15H2,2-5H3;/q-2;+2/b19-11-,20-12-,24-13-;. The Balaban J connectivity index is 0.00000256. The van der Waals surface area contributed by atoms with Gasteiger partial charge in [0.15, 0.2) is 0 Å². The van der Waals surface area contributed by atoms with E-state index < -0.39 is 0 Å². The van der Waals surface area contributed by atoms with Crippen LogP contribution in [0.15, 0.2) is 75.7 Å². The molecule has 30 heavy (non-hydrogen) atoms. The van der Waals surface area contributed by atoms with Crippen molar-refractivity contribution >= 4 is 23.6 Å². The predicted octanol–water partition coefficient (Wildman–Crippen LogP) is 5.92. The molecule has 0 aromatic carbocycles. The Morgan fingerprint density at radius 2 is 1.90 bits per heavy atom. The number of hydrogen-bond acceptors (Lipinski definition) is 2. The molecular formula is C25H26N4Zn. The Morgan fingerprint density at radius 1 is 1.10 bits per heavy atom. The summed E-state index contributed by atoms with van der Waals surface area (Å²) in [7, 11) is 0. The summed E-state index contributed by atoms with van der Waals surface area (Å²) in [5.74, 6) is 0. The number of hydrogen-bond donors (Lipinski definition) is 0. The Bertz CT molecular complexity index is 1080. The topological polar surface area (TPSA) is 52.9 Å². The molecule has 5 heteroatoms. The summed E-state index contributed by atoms with van der Waals surface area (Å²) in [4.78, 5) is 14.2. The number of nitrogens with zero attached hydrogens (tertiary/aromatic N) is 4. The van der Waals surface area contributed by atoms with Gasteiger partial charge >= 0.3 is 19.5 Å². The van der Waals surface area contributed by atoms with Crippen LogP contribution in [0.2, 0.25) is 0 Å². The van der Waals surface area contributed by atoms with Crippen LogP contribution >= 0.6 is 0 Å². The maximum absolute atomic E-state index is 4.91. The van der Waals surface area contributed by atoms with Crippen LogP contribution in [0.5, 0.6) is 0 Å². The van der Waals surface area contributed by atoms with Gasteiger partial charge in [-0.15, -0.1) is 23.6 Å². The normalized spacial score (nSPS) is 23.5. The van der Waals surface area contributed by atoms with Gasteiger partial charge < -0.3 is 10.3 Å². The first-order chi connectivity index (χ1) is 13.8. The van der Waals surface area contributed by atoms with Crippen molar-refractivity contribution in [2.45, 2.75) is 34.1 Å². The molecule has 3 aliphatic heterocycles. The fraction of sp³-hybridized carbons (Fsp3) is 0.280. The molecule has 0 atom stereocenters. The molecule has 1 aromatic rings. The number of aliphatic imine (C=N–C) groups is 2. The number of allylic oxidation sites excluding steroid dienone is 6. The molecule has 0 unspecified atom stereocenters. The van der Waals surface area contributed by atoms with Crippen molar-refractivity contribution in [3.05, 3.63) is 88.0 Å². The van der Waals surface area contributed by atoms with E-state index >= 15 is 0 Å². The first-order valence-electron chi connectivity index (χ1n) is 9.94. The van der Waals surface area contributed by atoms with Gasteiger partial charge in [-0.2, -0.15) is 0 Å². The van der Waals surface area contributed by atoms with Gasteiger partial charge in [0.1, 0.15) is 0 Å². The van der Waals surface area contributed by atoms with E-state index in [2.05, 4.69) is 68.9 Å². The second-order valence-electron chi connectivity index (χ2n) is 8.46. The van der Waals surface area contributed by atoms with Crippen molar-refractivity contribution in [1.82, 2.24) is 4.98 Å². The maximum atomic E-state index is 4.91. The number of rotatable bonds is 4. The van der Waals surface area contributed by atoms with E-state index in [1.54, 1.807) is 6.08 Å². The molecule has 0 amide bonds. The molecule has 0 fully saturated rings. The molecule has 0 radical (unpaired) electrons. The quantitative estimate of drug-likeness (QED) is 0.529. The van der Waals surface area contributed by atoms with Crippen LogP contribution in [-0.2, 0) is 19.5 Å². The second-order valence-corrected chi connectivity index (χ2v) is 8.46. The van der Waals surface area contributed by atoms with E-state index in [9.17, 15) is 0 Å². The van der Waals surface area contributed by atoms with Gasteiger partial charge in [0.25, 0.3) is 0 Å². The fourth-order valence-electron chi connectivity index (χ4n) is 3.66. The smallest absolute Gasteiger partial charge is 0.681 e. The molecule has 1 aromatic heterocycles. The molecule has 0 aliphatic carbocycles. The van der Waals surface area contributed by atoms with Gasteiger partial charge in [-0.3, -0.25) is 4.99 Å². The van der Waals surface area contributed by atoms with Crippen LogP contribution in [0.4, 0.5) is 0 Å². The van der Waals surface area contributed by atoms with E-state index in [0.717, 1.165) is 58.4 Å². The van der Waals surface area contributed by atoms with Gasteiger partial charge in [0.05, 0.1) is 11.4 Å². The third-order valence-electron chi connectivity index (χ3n) is 5.28. The minimum Gasteiger partial charge on any atom is -0.681 e. The van der Waals surface area contributed by atoms with Crippen LogP contribution in [0.1, 0.15) is 44.1 Å². The SMILES string of the molecule is C=CC1=N/C(=C\c2cc(C)c(/C=C3N=C(/C=C4/C=C(C)C[N-]4)CC\3(C)C)[n-]2)C=C1.[Zn+2]. The fourth-order valence-corrected chi connectivity index (χ4v) is 3.66. The number of aryl methyl sites for hydroxylation is 1. The first-order valence-corrected chi connectivity index (χ1v) is 9.94. The zero-order valence-corrected chi connectivity index (χ0v) is 21.2. The summed E-state index contributed by atoms with van der Waals surface area (Å²) >= 11 is 0. The molecule has 0 N–H and O–H groups in total. The largest absolute Gasteiger partial charge is 2.00 e. The zero-order valence-electron chi connectivity index (χ0n) is 18.2. The molecule has 3 aliphatic rings. The van der Waals surface area contributed by atoms with E-state index in [-0.39, 0.29) is 24.9 Å². The Morgan fingerprint density at radius 3 is 2.57 bits per heavy atom. The van der Waals surface area contributed by atoms with E-state index in [1.165, 1.54) is 5.57 Å². The molecule has 0 saturated heterocycles. The van der Waals surface area contributed by atoms with Gasteiger partial charge in [-0.25, -0.2) is 4.99 Å². The predicted molar refractivity (Wildman–Crippen MR) is 123 cm³/mol. The van der Waals surface area contributed by atoms with E-state index in [0.29, 0.717) is 0 Å².